The van der Waals surface area contributed by atoms with Crippen molar-refractivity contribution < 1.29 is 37.3 Å². The molecule has 1 aromatic carbocycles. The zero-order chi connectivity index (χ0) is 15.5. The van der Waals surface area contributed by atoms with Gasteiger partial charge in [0.25, 0.3) is 0 Å². The Labute approximate surface area is 111 Å². The fraction of sp³-hybridized carbons (Fsp3) is 0.273. The summed E-state index contributed by atoms with van der Waals surface area (Å²) in [5.41, 5.74) is -1.10. The number of methoxy groups -OCH3 is 2. The molecular weight excluding hydrogens is 283 g/mol. The third kappa shape index (κ3) is 3.31. The van der Waals surface area contributed by atoms with Crippen LogP contribution in [0.4, 0.5) is 18.9 Å². The topological polar surface area (TPSA) is 84.9 Å². The van der Waals surface area contributed by atoms with Gasteiger partial charge in [-0.15, -0.1) is 0 Å². The molecule has 0 radical (unpaired) electrons. The molecule has 6 nitrogen and oxygen atoms in total. The van der Waals surface area contributed by atoms with E-state index in [1.54, 1.807) is 0 Å². The second-order valence-electron chi connectivity index (χ2n) is 3.51. The van der Waals surface area contributed by atoms with Gasteiger partial charge in [-0.05, 0) is 0 Å². The smallest absolute Gasteiger partial charge is 0.471 e. The van der Waals surface area contributed by atoms with Gasteiger partial charge in [0, 0.05) is 12.1 Å². The van der Waals surface area contributed by atoms with Crippen molar-refractivity contribution in [1.29, 1.82) is 0 Å². The highest BCUT2D eigenvalue weighted by molar-refractivity contribution is 6.03. The normalized spacial score (nSPS) is 10.8. The summed E-state index contributed by atoms with van der Waals surface area (Å²) in [5, 5.41) is 10.4. The summed E-state index contributed by atoms with van der Waals surface area (Å²) in [6, 6.07) is 1.89. The number of hydrogen-bond donors (Lipinski definition) is 2. The summed E-state index contributed by atoms with van der Waals surface area (Å²) in [4.78, 5) is 21.9. The lowest BCUT2D eigenvalue weighted by Crippen LogP contribution is -2.30. The molecule has 1 aromatic rings. The Morgan fingerprint density at radius 1 is 1.15 bits per heavy atom. The Hall–Kier alpha value is -2.45. The van der Waals surface area contributed by atoms with Gasteiger partial charge in [0.15, 0.2) is 11.5 Å². The molecule has 1 rings (SSSR count). The number of carbonyl (C=O) groups is 2. The molecule has 0 saturated heterocycles. The van der Waals surface area contributed by atoms with Crippen LogP contribution >= 0.6 is 0 Å². The number of carboxylic acids is 1. The predicted octanol–water partition coefficient (Wildman–Crippen LogP) is 1.90. The molecule has 0 heterocycles. The number of carboxylic acid groups (broad SMARTS) is 1. The molecule has 0 aromatic heterocycles. The van der Waals surface area contributed by atoms with E-state index in [2.05, 4.69) is 0 Å². The predicted molar refractivity (Wildman–Crippen MR) is 61.2 cm³/mol. The van der Waals surface area contributed by atoms with Crippen LogP contribution in [0.1, 0.15) is 10.4 Å². The standard InChI is InChI=1S/C11H10F3NO5/c1-19-7-3-5(9(16)17)6(4-8(7)20-2)15-10(18)11(12,13)14/h3-4H,1-2H3,(H,15,18)(H,16,17). The average molecular weight is 293 g/mol. The maximum Gasteiger partial charge on any atom is 0.471 e. The van der Waals surface area contributed by atoms with Crippen molar-refractivity contribution in [3.05, 3.63) is 17.7 Å². The molecule has 0 spiro atoms. The van der Waals surface area contributed by atoms with Gasteiger partial charge in [0.1, 0.15) is 0 Å². The summed E-state index contributed by atoms with van der Waals surface area (Å²) in [7, 11) is 2.45. The fourth-order valence-corrected chi connectivity index (χ4v) is 1.35. The van der Waals surface area contributed by atoms with Gasteiger partial charge < -0.3 is 19.9 Å². The number of hydrogen-bond acceptors (Lipinski definition) is 4. The maximum atomic E-state index is 12.2. The van der Waals surface area contributed by atoms with Crippen LogP contribution in [0.15, 0.2) is 12.1 Å². The van der Waals surface area contributed by atoms with Crippen LogP contribution < -0.4 is 14.8 Å². The number of halogens is 3. The molecule has 0 aliphatic heterocycles. The lowest BCUT2D eigenvalue weighted by atomic mass is 10.1. The maximum absolute atomic E-state index is 12.2. The number of anilines is 1. The molecular formula is C11H10F3NO5. The van der Waals surface area contributed by atoms with E-state index >= 15 is 0 Å². The second kappa shape index (κ2) is 5.68. The van der Waals surface area contributed by atoms with Crippen molar-refractivity contribution in [1.82, 2.24) is 0 Å². The van der Waals surface area contributed by atoms with E-state index in [1.165, 1.54) is 19.5 Å². The summed E-state index contributed by atoms with van der Waals surface area (Å²) >= 11 is 0. The molecule has 0 aliphatic rings. The quantitative estimate of drug-likeness (QED) is 0.885. The first-order chi connectivity index (χ1) is 9.20. The minimum atomic E-state index is -5.14. The van der Waals surface area contributed by atoms with Gasteiger partial charge in [0.2, 0.25) is 0 Å². The summed E-state index contributed by atoms with van der Waals surface area (Å²) in [5.74, 6) is -3.82. The Balaban J connectivity index is 3.30. The molecule has 0 aliphatic carbocycles. The Bertz CT molecular complexity index is 542. The number of alkyl halides is 3. The van der Waals surface area contributed by atoms with Crippen LogP contribution in [0.2, 0.25) is 0 Å². The van der Waals surface area contributed by atoms with Gasteiger partial charge in [-0.2, -0.15) is 13.2 Å². The van der Waals surface area contributed by atoms with Crippen molar-refractivity contribution in [2.24, 2.45) is 0 Å². The van der Waals surface area contributed by atoms with Gasteiger partial charge in [-0.3, -0.25) is 4.79 Å². The molecule has 1 amide bonds. The average Bonchev–Trinajstić information content (AvgIpc) is 2.36. The van der Waals surface area contributed by atoms with Crippen LogP contribution in [0.5, 0.6) is 11.5 Å². The van der Waals surface area contributed by atoms with Crippen molar-refractivity contribution in [3.63, 3.8) is 0 Å². The Morgan fingerprint density at radius 3 is 2.05 bits per heavy atom. The van der Waals surface area contributed by atoms with E-state index in [0.717, 1.165) is 12.1 Å². The number of aromatic carboxylic acids is 1. The third-order valence-corrected chi connectivity index (χ3v) is 2.26. The zero-order valence-electron chi connectivity index (χ0n) is 10.4. The molecule has 0 atom stereocenters. The fourth-order valence-electron chi connectivity index (χ4n) is 1.35. The Morgan fingerprint density at radius 2 is 1.65 bits per heavy atom. The number of amides is 1. The molecule has 9 heteroatoms. The van der Waals surface area contributed by atoms with Crippen LogP contribution in [-0.2, 0) is 4.79 Å². The van der Waals surface area contributed by atoms with Crippen LogP contribution in [0.3, 0.4) is 0 Å². The van der Waals surface area contributed by atoms with E-state index in [9.17, 15) is 22.8 Å². The highest BCUT2D eigenvalue weighted by atomic mass is 19.4. The molecule has 0 fully saturated rings. The van der Waals surface area contributed by atoms with Gasteiger partial charge in [-0.1, -0.05) is 0 Å². The van der Waals surface area contributed by atoms with Gasteiger partial charge in [0.05, 0.1) is 25.5 Å². The minimum Gasteiger partial charge on any atom is -0.493 e. The van der Waals surface area contributed by atoms with Crippen LogP contribution in [-0.4, -0.2) is 37.4 Å². The highest BCUT2D eigenvalue weighted by Gasteiger charge is 2.39. The first-order valence-corrected chi connectivity index (χ1v) is 5.08. The van der Waals surface area contributed by atoms with E-state index in [1.807, 2.05) is 0 Å². The van der Waals surface area contributed by atoms with Crippen molar-refractivity contribution in [2.75, 3.05) is 19.5 Å². The molecule has 0 bridgehead atoms. The molecule has 110 valence electrons. The minimum absolute atomic E-state index is 0.00917. The number of rotatable bonds is 4. The summed E-state index contributed by atoms with van der Waals surface area (Å²) < 4.78 is 46.2. The lowest BCUT2D eigenvalue weighted by Gasteiger charge is -2.14. The van der Waals surface area contributed by atoms with E-state index in [-0.39, 0.29) is 11.5 Å². The lowest BCUT2D eigenvalue weighted by molar-refractivity contribution is -0.167. The molecule has 20 heavy (non-hydrogen) atoms. The van der Waals surface area contributed by atoms with E-state index < -0.39 is 29.3 Å². The number of ether oxygens (including phenoxy) is 2. The number of benzene rings is 1. The first kappa shape index (κ1) is 15.6. The molecule has 2 N–H and O–H groups in total. The summed E-state index contributed by atoms with van der Waals surface area (Å²) in [6.07, 6.45) is -5.14. The molecule has 0 unspecified atom stereocenters. The Kier molecular flexibility index (Phi) is 4.43. The molecule has 0 saturated carbocycles. The van der Waals surface area contributed by atoms with Gasteiger partial charge >= 0.3 is 18.1 Å². The van der Waals surface area contributed by atoms with Crippen LogP contribution in [0, 0.1) is 0 Å². The highest BCUT2D eigenvalue weighted by Crippen LogP contribution is 2.34. The first-order valence-electron chi connectivity index (χ1n) is 5.08. The second-order valence-corrected chi connectivity index (χ2v) is 3.51. The van der Waals surface area contributed by atoms with Crippen molar-refractivity contribution in [3.8, 4) is 11.5 Å². The number of carbonyl (C=O) groups excluding carboxylic acids is 1. The summed E-state index contributed by atoms with van der Waals surface area (Å²) in [6.45, 7) is 0. The van der Waals surface area contributed by atoms with Crippen molar-refractivity contribution >= 4 is 17.6 Å². The van der Waals surface area contributed by atoms with Crippen LogP contribution in [0.25, 0.3) is 0 Å². The largest absolute Gasteiger partial charge is 0.493 e. The number of nitrogens with one attached hydrogen (secondary N) is 1. The SMILES string of the molecule is COc1cc(NC(=O)C(F)(F)F)c(C(=O)O)cc1OC. The van der Waals surface area contributed by atoms with E-state index in [0.29, 0.717) is 0 Å². The zero-order valence-corrected chi connectivity index (χ0v) is 10.4. The van der Waals surface area contributed by atoms with Crippen molar-refractivity contribution in [2.45, 2.75) is 6.18 Å². The monoisotopic (exact) mass is 293 g/mol. The third-order valence-electron chi connectivity index (χ3n) is 2.26. The van der Waals surface area contributed by atoms with E-state index in [4.69, 9.17) is 14.6 Å². The van der Waals surface area contributed by atoms with Gasteiger partial charge in [-0.25, -0.2) is 4.79 Å².